The Morgan fingerprint density at radius 1 is 1.62 bits per heavy atom. The summed E-state index contributed by atoms with van der Waals surface area (Å²) in [6.45, 7) is 7.44. The third-order valence-electron chi connectivity index (χ3n) is 3.08. The molecule has 0 saturated carbocycles. The summed E-state index contributed by atoms with van der Waals surface area (Å²) >= 11 is 1.53. The van der Waals surface area contributed by atoms with Crippen LogP contribution in [0, 0.1) is 12.8 Å². The van der Waals surface area contributed by atoms with Crippen LogP contribution in [0.5, 0.6) is 0 Å². The van der Waals surface area contributed by atoms with Gasteiger partial charge in [0.15, 0.2) is 6.29 Å². The summed E-state index contributed by atoms with van der Waals surface area (Å²) in [6, 6.07) is 0. The van der Waals surface area contributed by atoms with Crippen LogP contribution in [0.4, 0.5) is 0 Å². The van der Waals surface area contributed by atoms with Crippen LogP contribution in [0.1, 0.15) is 40.1 Å². The molecule has 1 fully saturated rings. The van der Waals surface area contributed by atoms with Gasteiger partial charge in [-0.3, -0.25) is 9.69 Å². The van der Waals surface area contributed by atoms with Crippen molar-refractivity contribution in [1.29, 1.82) is 0 Å². The molecule has 0 spiro atoms. The summed E-state index contributed by atoms with van der Waals surface area (Å²) < 4.78 is 0. The van der Waals surface area contributed by atoms with Crippen molar-refractivity contribution < 1.29 is 4.79 Å². The van der Waals surface area contributed by atoms with Crippen molar-refractivity contribution in [1.82, 2.24) is 9.88 Å². The number of carbonyl (C=O) groups is 1. The minimum Gasteiger partial charge on any atom is -0.297 e. The predicted molar refractivity (Wildman–Crippen MR) is 65.9 cm³/mol. The molecule has 3 nitrogen and oxygen atoms in total. The molecule has 0 amide bonds. The van der Waals surface area contributed by atoms with Gasteiger partial charge in [0, 0.05) is 6.54 Å². The van der Waals surface area contributed by atoms with Crippen LogP contribution in [-0.4, -0.2) is 29.3 Å². The Balaban J connectivity index is 2.00. The van der Waals surface area contributed by atoms with Gasteiger partial charge >= 0.3 is 0 Å². The highest BCUT2D eigenvalue weighted by atomic mass is 32.1. The molecule has 1 aliphatic rings. The monoisotopic (exact) mass is 238 g/mol. The smallest absolute Gasteiger partial charge is 0.161 e. The van der Waals surface area contributed by atoms with Crippen LogP contribution >= 0.6 is 11.3 Å². The van der Waals surface area contributed by atoms with Crippen molar-refractivity contribution >= 4 is 17.6 Å². The number of hydrogen-bond donors (Lipinski definition) is 0. The molecule has 4 heteroatoms. The van der Waals surface area contributed by atoms with E-state index >= 15 is 0 Å². The summed E-state index contributed by atoms with van der Waals surface area (Å²) in [4.78, 5) is 18.4. The maximum atomic E-state index is 10.7. The van der Waals surface area contributed by atoms with E-state index in [4.69, 9.17) is 0 Å². The normalized spacial score (nSPS) is 22.2. The van der Waals surface area contributed by atoms with Crippen LogP contribution in [0.2, 0.25) is 0 Å². The van der Waals surface area contributed by atoms with Crippen LogP contribution in [-0.2, 0) is 6.54 Å². The van der Waals surface area contributed by atoms with Crippen LogP contribution in [0.3, 0.4) is 0 Å². The number of thiazole rings is 1. The summed E-state index contributed by atoms with van der Waals surface area (Å²) in [5.41, 5.74) is 0.875. The van der Waals surface area contributed by atoms with Crippen molar-refractivity contribution in [3.05, 3.63) is 15.6 Å². The fourth-order valence-corrected chi connectivity index (χ4v) is 3.19. The number of aryl methyl sites for hydroxylation is 1. The SMILES string of the molecule is Cc1nc(CN2CCCC(C)C2)sc1C=O. The maximum Gasteiger partial charge on any atom is 0.161 e. The Labute approximate surface area is 100 Å². The first kappa shape index (κ1) is 11.7. The number of piperidine rings is 1. The fourth-order valence-electron chi connectivity index (χ4n) is 2.26. The second kappa shape index (κ2) is 5.06. The number of aromatic nitrogens is 1. The van der Waals surface area contributed by atoms with Gasteiger partial charge in [-0.1, -0.05) is 6.92 Å². The zero-order chi connectivity index (χ0) is 11.5. The van der Waals surface area contributed by atoms with E-state index in [1.165, 1.54) is 30.7 Å². The van der Waals surface area contributed by atoms with Crippen LogP contribution < -0.4 is 0 Å². The van der Waals surface area contributed by atoms with Crippen molar-refractivity contribution in [2.45, 2.75) is 33.2 Å². The summed E-state index contributed by atoms with van der Waals surface area (Å²) in [6.07, 6.45) is 3.54. The number of likely N-dealkylation sites (tertiary alicyclic amines) is 1. The summed E-state index contributed by atoms with van der Waals surface area (Å²) in [7, 11) is 0. The Hall–Kier alpha value is -0.740. The predicted octanol–water partition coefficient (Wildman–Crippen LogP) is 2.50. The van der Waals surface area contributed by atoms with Gasteiger partial charge in [-0.15, -0.1) is 11.3 Å². The second-order valence-corrected chi connectivity index (χ2v) is 5.77. The molecule has 88 valence electrons. The second-order valence-electron chi connectivity index (χ2n) is 4.66. The molecule has 1 aliphatic heterocycles. The van der Waals surface area contributed by atoms with Crippen molar-refractivity contribution in [3.8, 4) is 0 Å². The molecule has 0 aromatic carbocycles. The topological polar surface area (TPSA) is 33.2 Å². The first-order valence-electron chi connectivity index (χ1n) is 5.83. The molecular weight excluding hydrogens is 220 g/mol. The van der Waals surface area contributed by atoms with E-state index in [9.17, 15) is 4.79 Å². The van der Waals surface area contributed by atoms with Crippen LogP contribution in [0.25, 0.3) is 0 Å². The minimum atomic E-state index is 0.778. The number of hydrogen-bond acceptors (Lipinski definition) is 4. The van der Waals surface area contributed by atoms with E-state index < -0.39 is 0 Å². The van der Waals surface area contributed by atoms with Crippen molar-refractivity contribution in [2.24, 2.45) is 5.92 Å². The molecular formula is C12H18N2OS. The number of carbonyl (C=O) groups excluding carboxylic acids is 1. The maximum absolute atomic E-state index is 10.7. The zero-order valence-electron chi connectivity index (χ0n) is 9.90. The average molecular weight is 238 g/mol. The first-order chi connectivity index (χ1) is 7.69. The van der Waals surface area contributed by atoms with Crippen molar-refractivity contribution in [2.75, 3.05) is 13.1 Å². The lowest BCUT2D eigenvalue weighted by molar-refractivity contribution is 0.112. The highest BCUT2D eigenvalue weighted by Crippen LogP contribution is 2.21. The van der Waals surface area contributed by atoms with E-state index in [1.54, 1.807) is 0 Å². The first-order valence-corrected chi connectivity index (χ1v) is 6.64. The molecule has 2 rings (SSSR count). The molecule has 1 saturated heterocycles. The Morgan fingerprint density at radius 2 is 2.44 bits per heavy atom. The van der Waals surface area contributed by atoms with Gasteiger partial charge in [-0.05, 0) is 32.2 Å². The van der Waals surface area contributed by atoms with E-state index in [2.05, 4.69) is 16.8 Å². The molecule has 16 heavy (non-hydrogen) atoms. The summed E-state index contributed by atoms with van der Waals surface area (Å²) in [5.74, 6) is 0.792. The van der Waals surface area contributed by atoms with E-state index in [-0.39, 0.29) is 0 Å². The largest absolute Gasteiger partial charge is 0.297 e. The lowest BCUT2D eigenvalue weighted by Gasteiger charge is -2.29. The average Bonchev–Trinajstić information content (AvgIpc) is 2.58. The number of aldehydes is 1. The molecule has 0 bridgehead atoms. The Morgan fingerprint density at radius 3 is 3.06 bits per heavy atom. The molecule has 2 heterocycles. The zero-order valence-corrected chi connectivity index (χ0v) is 10.7. The Bertz CT molecular complexity index is 375. The standard InChI is InChI=1S/C12H18N2OS/c1-9-4-3-5-14(6-9)7-12-13-10(2)11(8-15)16-12/h8-9H,3-7H2,1-2H3. The third-order valence-corrected chi connectivity index (χ3v) is 4.15. The lowest BCUT2D eigenvalue weighted by Crippen LogP contribution is -2.33. The summed E-state index contributed by atoms with van der Waals surface area (Å²) in [5, 5.41) is 1.08. The molecule has 1 atom stereocenters. The van der Waals surface area contributed by atoms with Crippen LogP contribution in [0.15, 0.2) is 0 Å². The Kier molecular flexibility index (Phi) is 3.71. The van der Waals surface area contributed by atoms with Gasteiger partial charge in [0.2, 0.25) is 0 Å². The number of rotatable bonds is 3. The molecule has 1 unspecified atom stereocenters. The molecule has 0 radical (unpaired) electrons. The van der Waals surface area contributed by atoms with Crippen molar-refractivity contribution in [3.63, 3.8) is 0 Å². The fraction of sp³-hybridized carbons (Fsp3) is 0.667. The van der Waals surface area contributed by atoms with Gasteiger partial charge in [0.25, 0.3) is 0 Å². The van der Waals surface area contributed by atoms with Gasteiger partial charge < -0.3 is 0 Å². The molecule has 0 N–H and O–H groups in total. The molecule has 1 aromatic rings. The molecule has 1 aromatic heterocycles. The number of nitrogens with zero attached hydrogens (tertiary/aromatic N) is 2. The highest BCUT2D eigenvalue weighted by Gasteiger charge is 2.18. The van der Waals surface area contributed by atoms with E-state index in [0.717, 1.165) is 40.9 Å². The highest BCUT2D eigenvalue weighted by molar-refractivity contribution is 7.13. The lowest BCUT2D eigenvalue weighted by atomic mass is 10.0. The quantitative estimate of drug-likeness (QED) is 0.759. The van der Waals surface area contributed by atoms with Gasteiger partial charge in [0.1, 0.15) is 5.01 Å². The van der Waals surface area contributed by atoms with Gasteiger partial charge in [-0.2, -0.15) is 0 Å². The molecule has 0 aliphatic carbocycles. The van der Waals surface area contributed by atoms with E-state index in [0.29, 0.717) is 0 Å². The van der Waals surface area contributed by atoms with Gasteiger partial charge in [0.05, 0.1) is 17.1 Å². The third kappa shape index (κ3) is 2.68. The minimum absolute atomic E-state index is 0.778. The van der Waals surface area contributed by atoms with E-state index in [1.807, 2.05) is 6.92 Å². The van der Waals surface area contributed by atoms with Gasteiger partial charge in [-0.25, -0.2) is 4.98 Å².